The van der Waals surface area contributed by atoms with E-state index in [2.05, 4.69) is 20.4 Å². The van der Waals surface area contributed by atoms with Crippen LogP contribution in [0.25, 0.3) is 0 Å². The lowest BCUT2D eigenvalue weighted by Crippen LogP contribution is -2.26. The summed E-state index contributed by atoms with van der Waals surface area (Å²) >= 11 is 0. The van der Waals surface area contributed by atoms with Crippen LogP contribution < -0.4 is 0 Å². The highest BCUT2D eigenvalue weighted by Gasteiger charge is 2.27. The Labute approximate surface area is 161 Å². The van der Waals surface area contributed by atoms with Gasteiger partial charge in [-0.1, -0.05) is 56.3 Å². The van der Waals surface area contributed by atoms with Crippen molar-refractivity contribution in [2.45, 2.75) is 40.5 Å². The van der Waals surface area contributed by atoms with Gasteiger partial charge in [0.05, 0.1) is 5.41 Å². The Morgan fingerprint density at radius 2 is 1.41 bits per heavy atom. The first kappa shape index (κ1) is 20.6. The molecule has 3 heteroatoms. The zero-order valence-electron chi connectivity index (χ0n) is 16.6. The Hall–Kier alpha value is -2.68. The number of carbonyl (C=O) groups excluding carboxylic acids is 1. The van der Waals surface area contributed by atoms with Crippen LogP contribution in [0.5, 0.6) is 0 Å². The molecule has 2 rings (SSSR count). The predicted molar refractivity (Wildman–Crippen MR) is 109 cm³/mol. The van der Waals surface area contributed by atoms with Crippen LogP contribution in [0.2, 0.25) is 0 Å². The average Bonchev–Trinajstić information content (AvgIpc) is 2.60. The van der Waals surface area contributed by atoms with E-state index in [1.807, 2.05) is 42.5 Å². The third-order valence-corrected chi connectivity index (χ3v) is 4.82. The molecule has 1 N–H and O–H groups in total. The highest BCUT2D eigenvalue weighted by Crippen LogP contribution is 2.25. The van der Waals surface area contributed by atoms with E-state index in [1.54, 1.807) is 26.0 Å². The average molecular weight is 364 g/mol. The predicted octanol–water partition coefficient (Wildman–Crippen LogP) is 5.33. The Kier molecular flexibility index (Phi) is 6.04. The number of hydrogen-bond acceptors (Lipinski definition) is 2. The smallest absolute Gasteiger partial charge is 0.309 e. The molecule has 0 aliphatic carbocycles. The lowest BCUT2D eigenvalue weighted by atomic mass is 9.84. The van der Waals surface area contributed by atoms with Gasteiger partial charge in [0.25, 0.3) is 0 Å². The molecular formula is C24H28O3. The van der Waals surface area contributed by atoms with E-state index in [1.165, 1.54) is 0 Å². The van der Waals surface area contributed by atoms with Gasteiger partial charge < -0.3 is 5.11 Å². The van der Waals surface area contributed by atoms with Crippen molar-refractivity contribution in [3.05, 3.63) is 83.4 Å². The van der Waals surface area contributed by atoms with Crippen molar-refractivity contribution in [1.82, 2.24) is 0 Å². The van der Waals surface area contributed by atoms with Crippen molar-refractivity contribution in [2.24, 2.45) is 10.8 Å². The summed E-state index contributed by atoms with van der Waals surface area (Å²) in [5, 5.41) is 9.33. The maximum absolute atomic E-state index is 12.9. The third kappa shape index (κ3) is 5.40. The van der Waals surface area contributed by atoms with Crippen molar-refractivity contribution < 1.29 is 14.7 Å². The van der Waals surface area contributed by atoms with Crippen LogP contribution in [0.4, 0.5) is 0 Å². The summed E-state index contributed by atoms with van der Waals surface area (Å²) in [6.45, 7) is 11.5. The minimum atomic E-state index is -0.877. The molecule has 2 aromatic rings. The van der Waals surface area contributed by atoms with E-state index in [4.69, 9.17) is 0 Å². The second-order valence-corrected chi connectivity index (χ2v) is 8.47. The molecule has 0 aliphatic heterocycles. The normalized spacial score (nSPS) is 11.9. The van der Waals surface area contributed by atoms with E-state index < -0.39 is 11.4 Å². The van der Waals surface area contributed by atoms with Gasteiger partial charge in [-0.05, 0) is 55.4 Å². The lowest BCUT2D eigenvalue weighted by molar-refractivity contribution is -0.146. The van der Waals surface area contributed by atoms with Gasteiger partial charge in [0.1, 0.15) is 0 Å². The summed E-state index contributed by atoms with van der Waals surface area (Å²) in [5.74, 6) is -0.903. The SMILES string of the molecule is C=CC(C)(C)Cc1cccc(C(=O)c2cccc(CC(C)(C)C(=O)O)c2)c1. The summed E-state index contributed by atoms with van der Waals surface area (Å²) < 4.78 is 0. The van der Waals surface area contributed by atoms with Crippen LogP contribution in [0.1, 0.15) is 54.7 Å². The number of carbonyl (C=O) groups is 2. The van der Waals surface area contributed by atoms with Crippen LogP contribution in [-0.2, 0) is 17.6 Å². The molecule has 0 spiro atoms. The number of ketones is 1. The molecule has 0 fully saturated rings. The summed E-state index contributed by atoms with van der Waals surface area (Å²) in [7, 11) is 0. The quantitative estimate of drug-likeness (QED) is 0.509. The Morgan fingerprint density at radius 1 is 0.926 bits per heavy atom. The van der Waals surface area contributed by atoms with Gasteiger partial charge >= 0.3 is 5.97 Å². The lowest BCUT2D eigenvalue weighted by Gasteiger charge is -2.20. The van der Waals surface area contributed by atoms with Crippen molar-refractivity contribution in [3.8, 4) is 0 Å². The molecule has 3 nitrogen and oxygen atoms in total. The van der Waals surface area contributed by atoms with E-state index in [-0.39, 0.29) is 11.2 Å². The molecule has 0 atom stereocenters. The molecular weight excluding hydrogens is 336 g/mol. The van der Waals surface area contributed by atoms with Crippen LogP contribution in [0.15, 0.2) is 61.2 Å². The molecule has 0 amide bonds. The number of hydrogen-bond donors (Lipinski definition) is 1. The number of benzene rings is 2. The first-order valence-electron chi connectivity index (χ1n) is 9.14. The molecule has 0 heterocycles. The van der Waals surface area contributed by atoms with Gasteiger partial charge in [0, 0.05) is 11.1 Å². The number of allylic oxidation sites excluding steroid dienone is 1. The second-order valence-electron chi connectivity index (χ2n) is 8.47. The Bertz CT molecular complexity index is 859. The maximum atomic E-state index is 12.9. The minimum Gasteiger partial charge on any atom is -0.481 e. The fraction of sp³-hybridized carbons (Fsp3) is 0.333. The monoisotopic (exact) mass is 364 g/mol. The second kappa shape index (κ2) is 7.91. The zero-order chi connectivity index (χ0) is 20.2. The molecule has 0 aromatic heterocycles. The topological polar surface area (TPSA) is 54.4 Å². The molecule has 27 heavy (non-hydrogen) atoms. The third-order valence-electron chi connectivity index (χ3n) is 4.82. The fourth-order valence-electron chi connectivity index (χ4n) is 3.00. The summed E-state index contributed by atoms with van der Waals surface area (Å²) in [4.78, 5) is 24.3. The zero-order valence-corrected chi connectivity index (χ0v) is 16.6. The van der Waals surface area contributed by atoms with Crippen LogP contribution in [-0.4, -0.2) is 16.9 Å². The van der Waals surface area contributed by atoms with Crippen LogP contribution in [0, 0.1) is 10.8 Å². The van der Waals surface area contributed by atoms with Gasteiger partial charge in [-0.2, -0.15) is 0 Å². The largest absolute Gasteiger partial charge is 0.481 e. The molecule has 0 aliphatic rings. The van der Waals surface area contributed by atoms with E-state index in [0.717, 1.165) is 17.5 Å². The minimum absolute atomic E-state index is 0.0377. The molecule has 0 radical (unpaired) electrons. The summed E-state index contributed by atoms with van der Waals surface area (Å²) in [6.07, 6.45) is 3.11. The molecule has 2 aromatic carbocycles. The number of aliphatic carboxylic acids is 1. The molecule has 0 unspecified atom stereocenters. The van der Waals surface area contributed by atoms with Gasteiger partial charge in [-0.15, -0.1) is 6.58 Å². The van der Waals surface area contributed by atoms with Crippen molar-refractivity contribution >= 4 is 11.8 Å². The van der Waals surface area contributed by atoms with Crippen LogP contribution in [0.3, 0.4) is 0 Å². The summed E-state index contributed by atoms with van der Waals surface area (Å²) in [6, 6.07) is 14.9. The Balaban J connectivity index is 2.27. The van der Waals surface area contributed by atoms with Crippen molar-refractivity contribution in [2.75, 3.05) is 0 Å². The number of rotatable bonds is 8. The van der Waals surface area contributed by atoms with Gasteiger partial charge in [-0.25, -0.2) is 0 Å². The fourth-order valence-corrected chi connectivity index (χ4v) is 3.00. The maximum Gasteiger partial charge on any atom is 0.309 e. The molecule has 142 valence electrons. The first-order chi connectivity index (χ1) is 12.5. The highest BCUT2D eigenvalue weighted by atomic mass is 16.4. The molecule has 0 saturated heterocycles. The van der Waals surface area contributed by atoms with Gasteiger partial charge in [-0.3, -0.25) is 9.59 Å². The van der Waals surface area contributed by atoms with Crippen LogP contribution >= 0.6 is 0 Å². The van der Waals surface area contributed by atoms with E-state index in [9.17, 15) is 14.7 Å². The Morgan fingerprint density at radius 3 is 1.85 bits per heavy atom. The van der Waals surface area contributed by atoms with Gasteiger partial charge in [0.2, 0.25) is 0 Å². The number of carboxylic acid groups (broad SMARTS) is 1. The molecule has 0 saturated carbocycles. The van der Waals surface area contributed by atoms with E-state index in [0.29, 0.717) is 17.5 Å². The van der Waals surface area contributed by atoms with Crippen molar-refractivity contribution in [3.63, 3.8) is 0 Å². The summed E-state index contributed by atoms with van der Waals surface area (Å²) in [5.41, 5.74) is 2.24. The van der Waals surface area contributed by atoms with Crippen molar-refractivity contribution in [1.29, 1.82) is 0 Å². The first-order valence-corrected chi connectivity index (χ1v) is 9.14. The van der Waals surface area contributed by atoms with E-state index >= 15 is 0 Å². The molecule has 0 bridgehead atoms. The standard InChI is InChI=1S/C24H28O3/c1-6-23(2,3)15-17-9-7-11-19(13-17)21(25)20-12-8-10-18(14-20)16-24(4,5)22(26)27/h6-14H,1,15-16H2,2-5H3,(H,26,27). The van der Waals surface area contributed by atoms with Gasteiger partial charge in [0.15, 0.2) is 5.78 Å². The highest BCUT2D eigenvalue weighted by molar-refractivity contribution is 6.09. The number of carboxylic acids is 1.